The highest BCUT2D eigenvalue weighted by Crippen LogP contribution is 2.39. The van der Waals surface area contributed by atoms with E-state index in [9.17, 15) is 14.9 Å². The van der Waals surface area contributed by atoms with E-state index in [0.717, 1.165) is 50.9 Å². The molecule has 26 heavy (non-hydrogen) atoms. The molecule has 2 aliphatic carbocycles. The van der Waals surface area contributed by atoms with Gasteiger partial charge in [0.2, 0.25) is 5.91 Å². The molecular formula is C20H27N3O3. The lowest BCUT2D eigenvalue weighted by Crippen LogP contribution is -2.55. The van der Waals surface area contributed by atoms with E-state index >= 15 is 0 Å². The fraction of sp³-hybridized carbons (Fsp3) is 0.650. The summed E-state index contributed by atoms with van der Waals surface area (Å²) in [6, 6.07) is 5.74. The van der Waals surface area contributed by atoms with Gasteiger partial charge in [-0.1, -0.05) is 18.9 Å². The van der Waals surface area contributed by atoms with E-state index in [1.807, 2.05) is 6.07 Å². The topological polar surface area (TPSA) is 66.7 Å². The molecule has 0 radical (unpaired) electrons. The first-order valence-electron chi connectivity index (χ1n) is 9.86. The van der Waals surface area contributed by atoms with Crippen molar-refractivity contribution < 1.29 is 9.72 Å². The number of nitrogens with zero attached hydrogens (tertiary/aromatic N) is 3. The van der Waals surface area contributed by atoms with E-state index < -0.39 is 0 Å². The summed E-state index contributed by atoms with van der Waals surface area (Å²) in [6.45, 7) is 4.63. The van der Waals surface area contributed by atoms with Crippen molar-refractivity contribution in [2.75, 3.05) is 19.6 Å². The summed E-state index contributed by atoms with van der Waals surface area (Å²) in [7, 11) is 0. The zero-order valence-corrected chi connectivity index (χ0v) is 15.4. The van der Waals surface area contributed by atoms with E-state index in [-0.39, 0.29) is 28.6 Å². The second-order valence-electron chi connectivity index (χ2n) is 8.05. The Morgan fingerprint density at radius 1 is 1.19 bits per heavy atom. The van der Waals surface area contributed by atoms with Crippen LogP contribution < -0.4 is 0 Å². The number of aryl methyl sites for hydroxylation is 1. The average molecular weight is 357 g/mol. The van der Waals surface area contributed by atoms with Crippen molar-refractivity contribution in [1.82, 2.24) is 9.80 Å². The SMILES string of the molecule is C[C@H]1CN(C2CCc3ccc([N+](=O)[O-])cc32)CCN1C(=O)C1CCCC1. The Labute approximate surface area is 154 Å². The van der Waals surface area contributed by atoms with Crippen LogP contribution in [0.15, 0.2) is 18.2 Å². The maximum absolute atomic E-state index is 12.8. The smallest absolute Gasteiger partial charge is 0.269 e. The Morgan fingerprint density at radius 3 is 2.65 bits per heavy atom. The number of nitro benzene ring substituents is 1. The summed E-state index contributed by atoms with van der Waals surface area (Å²) in [6.07, 6.45) is 6.45. The minimum Gasteiger partial charge on any atom is -0.337 e. The van der Waals surface area contributed by atoms with Crippen LogP contribution in [0.2, 0.25) is 0 Å². The molecule has 6 nitrogen and oxygen atoms in total. The molecule has 1 heterocycles. The van der Waals surface area contributed by atoms with Crippen LogP contribution >= 0.6 is 0 Å². The molecule has 1 unspecified atom stereocenters. The first kappa shape index (κ1) is 17.5. The van der Waals surface area contributed by atoms with Gasteiger partial charge in [-0.2, -0.15) is 0 Å². The van der Waals surface area contributed by atoms with E-state index in [4.69, 9.17) is 0 Å². The quantitative estimate of drug-likeness (QED) is 0.615. The number of nitro groups is 1. The summed E-state index contributed by atoms with van der Waals surface area (Å²) >= 11 is 0. The molecule has 0 spiro atoms. The monoisotopic (exact) mass is 357 g/mol. The number of non-ortho nitro benzene ring substituents is 1. The molecule has 0 N–H and O–H groups in total. The summed E-state index contributed by atoms with van der Waals surface area (Å²) in [5.74, 6) is 0.580. The first-order valence-corrected chi connectivity index (χ1v) is 9.86. The van der Waals surface area contributed by atoms with Crippen LogP contribution in [0.25, 0.3) is 0 Å². The van der Waals surface area contributed by atoms with Crippen molar-refractivity contribution in [3.63, 3.8) is 0 Å². The lowest BCUT2D eigenvalue weighted by molar-refractivity contribution is -0.385. The predicted octanol–water partition coefficient (Wildman–Crippen LogP) is 3.31. The highest BCUT2D eigenvalue weighted by Gasteiger charge is 2.37. The van der Waals surface area contributed by atoms with Crippen LogP contribution in [0.1, 0.15) is 56.2 Å². The maximum Gasteiger partial charge on any atom is 0.269 e. The number of fused-ring (bicyclic) bond motifs is 1. The molecule has 3 aliphatic rings. The lowest BCUT2D eigenvalue weighted by Gasteiger charge is -2.43. The average Bonchev–Trinajstić information content (AvgIpc) is 3.30. The van der Waals surface area contributed by atoms with Gasteiger partial charge in [-0.05, 0) is 43.7 Å². The molecule has 1 aliphatic heterocycles. The highest BCUT2D eigenvalue weighted by atomic mass is 16.6. The van der Waals surface area contributed by atoms with Crippen LogP contribution in [-0.4, -0.2) is 46.3 Å². The third kappa shape index (κ3) is 3.11. The number of benzene rings is 1. The van der Waals surface area contributed by atoms with Gasteiger partial charge in [0.15, 0.2) is 0 Å². The van der Waals surface area contributed by atoms with Gasteiger partial charge in [0, 0.05) is 49.8 Å². The molecule has 2 fully saturated rings. The minimum atomic E-state index is -0.309. The van der Waals surface area contributed by atoms with Gasteiger partial charge in [-0.3, -0.25) is 19.8 Å². The second-order valence-corrected chi connectivity index (χ2v) is 8.05. The number of hydrogen-bond acceptors (Lipinski definition) is 4. The Bertz CT molecular complexity index is 714. The highest BCUT2D eigenvalue weighted by molar-refractivity contribution is 5.79. The van der Waals surface area contributed by atoms with E-state index in [1.165, 1.54) is 18.4 Å². The minimum absolute atomic E-state index is 0.179. The Hall–Kier alpha value is -1.95. The predicted molar refractivity (Wildman–Crippen MR) is 98.9 cm³/mol. The van der Waals surface area contributed by atoms with E-state index in [2.05, 4.69) is 16.7 Å². The summed E-state index contributed by atoms with van der Waals surface area (Å²) in [4.78, 5) is 28.1. The van der Waals surface area contributed by atoms with Crippen molar-refractivity contribution in [1.29, 1.82) is 0 Å². The molecule has 2 atom stereocenters. The third-order valence-corrected chi connectivity index (χ3v) is 6.47. The van der Waals surface area contributed by atoms with Gasteiger partial charge >= 0.3 is 0 Å². The number of hydrogen-bond donors (Lipinski definition) is 0. The molecule has 1 saturated carbocycles. The number of carbonyl (C=O) groups is 1. The van der Waals surface area contributed by atoms with E-state index in [0.29, 0.717) is 5.91 Å². The number of rotatable bonds is 3. The summed E-state index contributed by atoms with van der Waals surface area (Å²) < 4.78 is 0. The molecule has 1 aromatic carbocycles. The molecule has 1 amide bonds. The van der Waals surface area contributed by atoms with Crippen LogP contribution in [0.3, 0.4) is 0 Å². The van der Waals surface area contributed by atoms with Crippen molar-refractivity contribution in [2.45, 2.75) is 57.5 Å². The second kappa shape index (κ2) is 6.99. The Balaban J connectivity index is 1.46. The molecule has 1 aromatic rings. The molecule has 140 valence electrons. The normalized spacial score (nSPS) is 26.9. The molecule has 4 rings (SSSR count). The van der Waals surface area contributed by atoms with Crippen molar-refractivity contribution in [3.05, 3.63) is 39.4 Å². The van der Waals surface area contributed by atoms with Crippen molar-refractivity contribution in [2.24, 2.45) is 5.92 Å². The molecular weight excluding hydrogens is 330 g/mol. The standard InChI is InChI=1S/C20H27N3O3/c1-14-13-21(10-11-22(14)20(24)16-4-2-3-5-16)19-9-7-15-6-8-17(23(25)26)12-18(15)19/h6,8,12,14,16,19H,2-5,7,9-11,13H2,1H3/t14-,19?/m0/s1. The lowest BCUT2D eigenvalue weighted by atomic mass is 10.0. The fourth-order valence-corrected chi connectivity index (χ4v) is 5.06. The van der Waals surface area contributed by atoms with Gasteiger partial charge in [0.25, 0.3) is 5.69 Å². The first-order chi connectivity index (χ1) is 12.5. The molecule has 1 saturated heterocycles. The number of carbonyl (C=O) groups excluding carboxylic acids is 1. The Kier molecular flexibility index (Phi) is 4.69. The van der Waals surface area contributed by atoms with Gasteiger partial charge in [-0.15, -0.1) is 0 Å². The zero-order chi connectivity index (χ0) is 18.3. The van der Waals surface area contributed by atoms with Crippen molar-refractivity contribution >= 4 is 11.6 Å². The third-order valence-electron chi connectivity index (χ3n) is 6.47. The zero-order valence-electron chi connectivity index (χ0n) is 15.4. The van der Waals surface area contributed by atoms with Gasteiger partial charge < -0.3 is 4.90 Å². The van der Waals surface area contributed by atoms with Gasteiger partial charge in [0.1, 0.15) is 0 Å². The van der Waals surface area contributed by atoms with Gasteiger partial charge in [0.05, 0.1) is 4.92 Å². The van der Waals surface area contributed by atoms with E-state index in [1.54, 1.807) is 12.1 Å². The van der Waals surface area contributed by atoms with Crippen LogP contribution in [-0.2, 0) is 11.2 Å². The fourth-order valence-electron chi connectivity index (χ4n) is 5.06. The van der Waals surface area contributed by atoms with Crippen LogP contribution in [0, 0.1) is 16.0 Å². The molecule has 0 aromatic heterocycles. The summed E-state index contributed by atoms with van der Waals surface area (Å²) in [5.41, 5.74) is 2.53. The molecule has 0 bridgehead atoms. The van der Waals surface area contributed by atoms with Crippen LogP contribution in [0.5, 0.6) is 0 Å². The van der Waals surface area contributed by atoms with Crippen LogP contribution in [0.4, 0.5) is 5.69 Å². The summed E-state index contributed by atoms with van der Waals surface area (Å²) in [5, 5.41) is 11.1. The number of piperazine rings is 1. The molecule has 6 heteroatoms. The van der Waals surface area contributed by atoms with Crippen molar-refractivity contribution in [3.8, 4) is 0 Å². The Morgan fingerprint density at radius 2 is 1.96 bits per heavy atom. The largest absolute Gasteiger partial charge is 0.337 e. The number of amides is 1. The maximum atomic E-state index is 12.8. The van der Waals surface area contributed by atoms with Gasteiger partial charge in [-0.25, -0.2) is 0 Å².